The van der Waals surface area contributed by atoms with Gasteiger partial charge in [-0.05, 0) is 43.4 Å². The number of sulfonamides is 1. The Balaban J connectivity index is 1.78. The van der Waals surface area contributed by atoms with Crippen LogP contribution in [-0.4, -0.2) is 64.3 Å². The smallest absolute Gasteiger partial charge is 0.214 e. The van der Waals surface area contributed by atoms with Crippen molar-refractivity contribution in [3.63, 3.8) is 0 Å². The van der Waals surface area contributed by atoms with E-state index >= 15 is 0 Å². The number of methoxy groups -OCH3 is 1. The number of aliphatic imine (C=N–C) groups is 1. The summed E-state index contributed by atoms with van der Waals surface area (Å²) in [5.74, 6) is 1.69. The Hall–Kier alpha value is -1.51. The van der Waals surface area contributed by atoms with E-state index in [0.29, 0.717) is 31.1 Å². The highest BCUT2D eigenvalue weighted by molar-refractivity contribution is 7.89. The van der Waals surface area contributed by atoms with Crippen molar-refractivity contribution in [1.29, 1.82) is 0 Å². The Kier molecular flexibility index (Phi) is 8.85. The van der Waals surface area contributed by atoms with E-state index in [1.165, 1.54) is 0 Å². The van der Waals surface area contributed by atoms with Gasteiger partial charge in [0.2, 0.25) is 10.0 Å². The summed E-state index contributed by atoms with van der Waals surface area (Å²) in [6, 6.07) is 5.88. The van der Waals surface area contributed by atoms with Crippen LogP contribution >= 0.6 is 11.6 Å². The van der Waals surface area contributed by atoms with Crippen LogP contribution in [-0.2, 0) is 16.4 Å². The fraction of sp³-hybridized carbons (Fsp3) is 0.632. The fourth-order valence-electron chi connectivity index (χ4n) is 3.23. The highest BCUT2D eigenvalue weighted by Crippen LogP contribution is 2.22. The van der Waals surface area contributed by atoms with Gasteiger partial charge in [0.1, 0.15) is 5.75 Å². The lowest BCUT2D eigenvalue weighted by molar-refractivity contribution is 0.306. The SMILES string of the molecule is CCCS(=O)(=O)N1CCC(NC(=NC)NCCc2ccc(OC)cc2Cl)CC1. The highest BCUT2D eigenvalue weighted by Gasteiger charge is 2.27. The standard InChI is InChI=1S/C19H31ClN4O3S/c1-4-13-28(25,26)24-11-8-16(9-12-24)23-19(21-2)22-10-7-15-5-6-17(27-3)14-18(15)20/h5-6,14,16H,4,7-13H2,1-3H3,(H2,21,22,23). The molecule has 9 heteroatoms. The van der Waals surface area contributed by atoms with E-state index < -0.39 is 10.0 Å². The summed E-state index contributed by atoms with van der Waals surface area (Å²) in [6.07, 6.45) is 2.95. The molecular weight excluding hydrogens is 400 g/mol. The maximum absolute atomic E-state index is 12.2. The number of rotatable bonds is 8. The molecule has 1 heterocycles. The molecule has 0 spiro atoms. The van der Waals surface area contributed by atoms with Gasteiger partial charge in [-0.3, -0.25) is 4.99 Å². The lowest BCUT2D eigenvalue weighted by atomic mass is 10.1. The van der Waals surface area contributed by atoms with E-state index in [1.807, 2.05) is 25.1 Å². The van der Waals surface area contributed by atoms with Crippen molar-refractivity contribution < 1.29 is 13.2 Å². The molecule has 158 valence electrons. The first-order valence-electron chi connectivity index (χ1n) is 9.67. The number of nitrogens with one attached hydrogen (secondary N) is 2. The summed E-state index contributed by atoms with van der Waals surface area (Å²) in [7, 11) is 0.243. The molecule has 1 aromatic rings. The van der Waals surface area contributed by atoms with Crippen molar-refractivity contribution in [2.45, 2.75) is 38.6 Å². The van der Waals surface area contributed by atoms with Crippen LogP contribution in [0, 0.1) is 0 Å². The van der Waals surface area contributed by atoms with Crippen LogP contribution in [0.25, 0.3) is 0 Å². The average molecular weight is 431 g/mol. The second kappa shape index (κ2) is 10.9. The Bertz CT molecular complexity index is 762. The van der Waals surface area contributed by atoms with Gasteiger partial charge in [0.05, 0.1) is 12.9 Å². The normalized spacial score (nSPS) is 16.8. The fourth-order valence-corrected chi connectivity index (χ4v) is 5.03. The molecule has 0 atom stereocenters. The maximum Gasteiger partial charge on any atom is 0.214 e. The number of ether oxygens (including phenoxy) is 1. The Morgan fingerprint density at radius 2 is 2.07 bits per heavy atom. The summed E-state index contributed by atoms with van der Waals surface area (Å²) in [6.45, 7) is 3.69. The molecule has 0 radical (unpaired) electrons. The van der Waals surface area contributed by atoms with Crippen molar-refractivity contribution >= 4 is 27.6 Å². The van der Waals surface area contributed by atoms with Crippen LogP contribution in [0.15, 0.2) is 23.2 Å². The van der Waals surface area contributed by atoms with Crippen molar-refractivity contribution in [2.24, 2.45) is 4.99 Å². The summed E-state index contributed by atoms with van der Waals surface area (Å²) in [5, 5.41) is 7.38. The second-order valence-corrected chi connectivity index (χ2v) is 9.34. The van der Waals surface area contributed by atoms with Crippen molar-refractivity contribution in [3.8, 4) is 5.75 Å². The third kappa shape index (κ3) is 6.53. The molecule has 1 saturated heterocycles. The summed E-state index contributed by atoms with van der Waals surface area (Å²) in [4.78, 5) is 4.27. The second-order valence-electron chi connectivity index (χ2n) is 6.84. The van der Waals surface area contributed by atoms with Gasteiger partial charge in [0, 0.05) is 37.7 Å². The maximum atomic E-state index is 12.2. The molecule has 0 aromatic heterocycles. The monoisotopic (exact) mass is 430 g/mol. The van der Waals surface area contributed by atoms with E-state index in [1.54, 1.807) is 18.5 Å². The highest BCUT2D eigenvalue weighted by atomic mass is 35.5. The summed E-state index contributed by atoms with van der Waals surface area (Å²) >= 11 is 6.28. The predicted octanol–water partition coefficient (Wildman–Crippen LogP) is 2.26. The Morgan fingerprint density at radius 1 is 1.36 bits per heavy atom. The number of benzene rings is 1. The zero-order valence-corrected chi connectivity index (χ0v) is 18.4. The number of piperidine rings is 1. The largest absolute Gasteiger partial charge is 0.497 e. The first-order valence-corrected chi connectivity index (χ1v) is 11.7. The zero-order chi connectivity index (χ0) is 20.6. The van der Waals surface area contributed by atoms with Gasteiger partial charge in [-0.15, -0.1) is 0 Å². The minimum atomic E-state index is -3.11. The van der Waals surface area contributed by atoms with E-state index in [0.717, 1.165) is 36.5 Å². The minimum absolute atomic E-state index is 0.212. The van der Waals surface area contributed by atoms with Gasteiger partial charge >= 0.3 is 0 Å². The number of guanidine groups is 1. The third-order valence-corrected chi connectivity index (χ3v) is 7.25. The molecule has 0 saturated carbocycles. The van der Waals surface area contributed by atoms with E-state index in [2.05, 4.69) is 15.6 Å². The quantitative estimate of drug-likeness (QED) is 0.488. The molecule has 0 unspecified atom stereocenters. The van der Waals surface area contributed by atoms with Crippen molar-refractivity contribution in [3.05, 3.63) is 28.8 Å². The number of halogens is 1. The average Bonchev–Trinajstić information content (AvgIpc) is 2.68. The van der Waals surface area contributed by atoms with Gasteiger partial charge < -0.3 is 15.4 Å². The first-order chi connectivity index (χ1) is 13.4. The van der Waals surface area contributed by atoms with Crippen molar-refractivity contribution in [2.75, 3.05) is 39.5 Å². The Morgan fingerprint density at radius 3 is 2.64 bits per heavy atom. The third-order valence-electron chi connectivity index (χ3n) is 4.82. The molecule has 2 rings (SSSR count). The number of hydrogen-bond donors (Lipinski definition) is 2. The van der Waals surface area contributed by atoms with Gasteiger partial charge in [-0.1, -0.05) is 24.6 Å². The van der Waals surface area contributed by atoms with Crippen LogP contribution in [0.3, 0.4) is 0 Å². The van der Waals surface area contributed by atoms with Gasteiger partial charge in [-0.2, -0.15) is 0 Å². The first kappa shape index (κ1) is 22.8. The van der Waals surface area contributed by atoms with Crippen LogP contribution in [0.5, 0.6) is 5.75 Å². The van der Waals surface area contributed by atoms with Gasteiger partial charge in [-0.25, -0.2) is 12.7 Å². The lowest BCUT2D eigenvalue weighted by Crippen LogP contribution is -2.50. The molecule has 7 nitrogen and oxygen atoms in total. The van der Waals surface area contributed by atoms with Crippen LogP contribution in [0.1, 0.15) is 31.7 Å². The van der Waals surface area contributed by atoms with Crippen LogP contribution in [0.2, 0.25) is 5.02 Å². The molecule has 1 aliphatic rings. The van der Waals surface area contributed by atoms with E-state index in [-0.39, 0.29) is 11.8 Å². The molecule has 2 N–H and O–H groups in total. The topological polar surface area (TPSA) is 83.0 Å². The molecule has 0 bridgehead atoms. The minimum Gasteiger partial charge on any atom is -0.497 e. The van der Waals surface area contributed by atoms with Gasteiger partial charge in [0.25, 0.3) is 0 Å². The molecule has 0 aliphatic carbocycles. The predicted molar refractivity (Wildman–Crippen MR) is 115 cm³/mol. The molecule has 1 aromatic carbocycles. The Labute approximate surface area is 173 Å². The van der Waals surface area contributed by atoms with Crippen molar-refractivity contribution in [1.82, 2.24) is 14.9 Å². The van der Waals surface area contributed by atoms with Crippen LogP contribution < -0.4 is 15.4 Å². The zero-order valence-electron chi connectivity index (χ0n) is 16.9. The summed E-state index contributed by atoms with van der Waals surface area (Å²) < 4.78 is 31.1. The molecule has 1 aliphatic heterocycles. The number of nitrogens with zero attached hydrogens (tertiary/aromatic N) is 2. The molecule has 0 amide bonds. The van der Waals surface area contributed by atoms with E-state index in [4.69, 9.17) is 16.3 Å². The summed E-state index contributed by atoms with van der Waals surface area (Å²) in [5.41, 5.74) is 1.04. The van der Waals surface area contributed by atoms with E-state index in [9.17, 15) is 8.42 Å². The molecule has 28 heavy (non-hydrogen) atoms. The van der Waals surface area contributed by atoms with Gasteiger partial charge in [0.15, 0.2) is 5.96 Å². The number of hydrogen-bond acceptors (Lipinski definition) is 4. The lowest BCUT2D eigenvalue weighted by Gasteiger charge is -2.32. The molecule has 1 fully saturated rings. The molecular formula is C19H31ClN4O3S. The van der Waals surface area contributed by atoms with Crippen LogP contribution in [0.4, 0.5) is 0 Å².